The van der Waals surface area contributed by atoms with Crippen LogP contribution in [0.1, 0.15) is 11.6 Å². The Bertz CT molecular complexity index is 967. The summed E-state index contributed by atoms with van der Waals surface area (Å²) in [5, 5.41) is 13.1. The zero-order chi connectivity index (χ0) is 17.8. The van der Waals surface area contributed by atoms with Crippen LogP contribution in [0.5, 0.6) is 0 Å². The summed E-state index contributed by atoms with van der Waals surface area (Å²) in [6.07, 6.45) is 3.45. The molecule has 6 nitrogen and oxygen atoms in total. The Labute approximate surface area is 154 Å². The molecule has 0 bridgehead atoms. The first kappa shape index (κ1) is 16.2. The maximum Gasteiger partial charge on any atom is 0.253 e. The topological polar surface area (TPSA) is 72.7 Å². The second-order valence-electron chi connectivity index (χ2n) is 5.66. The van der Waals surface area contributed by atoms with Crippen molar-refractivity contribution in [1.82, 2.24) is 19.4 Å². The zero-order valence-corrected chi connectivity index (χ0v) is 14.5. The summed E-state index contributed by atoms with van der Waals surface area (Å²) in [4.78, 5) is 12.9. The zero-order valence-electron chi connectivity index (χ0n) is 13.7. The maximum absolute atomic E-state index is 12.9. The van der Waals surface area contributed by atoms with E-state index in [1.807, 2.05) is 60.0 Å². The summed E-state index contributed by atoms with van der Waals surface area (Å²) in [7, 11) is 0. The summed E-state index contributed by atoms with van der Waals surface area (Å²) in [5.74, 6) is -0.150. The molecule has 0 aliphatic carbocycles. The number of anilines is 1. The normalized spacial score (nSPS) is 11.8. The van der Waals surface area contributed by atoms with Crippen molar-refractivity contribution in [2.24, 2.45) is 0 Å². The third-order valence-electron chi connectivity index (χ3n) is 3.96. The standard InChI is InChI=1S/C19H15N5OS/c25-19(18(24-12-4-11-20-24)15-5-2-1-3-6-15)21-16-9-7-14(8-10-16)17-13-26-23-22-17/h1-13,18H,(H,21,25). The predicted molar refractivity (Wildman–Crippen MR) is 101 cm³/mol. The Kier molecular flexibility index (Phi) is 4.53. The average molecular weight is 361 g/mol. The van der Waals surface area contributed by atoms with Gasteiger partial charge in [-0.05, 0) is 35.3 Å². The number of carbonyl (C=O) groups is 1. The van der Waals surface area contributed by atoms with E-state index in [4.69, 9.17) is 0 Å². The largest absolute Gasteiger partial charge is 0.324 e. The SMILES string of the molecule is O=C(Nc1ccc(-c2csnn2)cc1)C(c1ccccc1)n1cccn1. The van der Waals surface area contributed by atoms with Crippen molar-refractivity contribution in [2.45, 2.75) is 6.04 Å². The van der Waals surface area contributed by atoms with E-state index in [2.05, 4.69) is 20.0 Å². The molecule has 2 heterocycles. The number of carbonyl (C=O) groups excluding carboxylic acids is 1. The first-order chi connectivity index (χ1) is 12.8. The lowest BCUT2D eigenvalue weighted by molar-refractivity contribution is -0.118. The van der Waals surface area contributed by atoms with Crippen molar-refractivity contribution in [2.75, 3.05) is 5.32 Å². The second kappa shape index (κ2) is 7.28. The van der Waals surface area contributed by atoms with Crippen molar-refractivity contribution in [3.8, 4) is 11.3 Å². The van der Waals surface area contributed by atoms with Gasteiger partial charge < -0.3 is 5.32 Å². The van der Waals surface area contributed by atoms with Gasteiger partial charge in [-0.3, -0.25) is 9.48 Å². The molecule has 26 heavy (non-hydrogen) atoms. The molecule has 0 radical (unpaired) electrons. The van der Waals surface area contributed by atoms with E-state index in [1.165, 1.54) is 11.5 Å². The van der Waals surface area contributed by atoms with Crippen LogP contribution in [0.3, 0.4) is 0 Å². The third kappa shape index (κ3) is 3.38. The predicted octanol–water partition coefficient (Wildman–Crippen LogP) is 3.63. The van der Waals surface area contributed by atoms with Crippen LogP contribution >= 0.6 is 11.5 Å². The van der Waals surface area contributed by atoms with E-state index < -0.39 is 6.04 Å². The highest BCUT2D eigenvalue weighted by Crippen LogP contribution is 2.23. The molecule has 1 atom stereocenters. The molecule has 0 aliphatic rings. The number of hydrogen-bond acceptors (Lipinski definition) is 5. The molecular formula is C19H15N5OS. The summed E-state index contributed by atoms with van der Waals surface area (Å²) in [5.41, 5.74) is 3.38. The van der Waals surface area contributed by atoms with E-state index in [0.717, 1.165) is 22.5 Å². The number of amides is 1. The lowest BCUT2D eigenvalue weighted by Crippen LogP contribution is -2.27. The monoisotopic (exact) mass is 361 g/mol. The van der Waals surface area contributed by atoms with E-state index >= 15 is 0 Å². The van der Waals surface area contributed by atoms with Crippen LogP contribution in [0.4, 0.5) is 5.69 Å². The first-order valence-electron chi connectivity index (χ1n) is 8.04. The van der Waals surface area contributed by atoms with Crippen LogP contribution in [0, 0.1) is 0 Å². The number of hydrogen-bond donors (Lipinski definition) is 1. The van der Waals surface area contributed by atoms with E-state index in [1.54, 1.807) is 23.1 Å². The molecule has 7 heteroatoms. The quantitative estimate of drug-likeness (QED) is 0.589. The van der Waals surface area contributed by atoms with E-state index in [9.17, 15) is 4.79 Å². The molecule has 1 amide bonds. The molecule has 2 aromatic carbocycles. The molecule has 0 aliphatic heterocycles. The van der Waals surface area contributed by atoms with Gasteiger partial charge in [0.1, 0.15) is 5.69 Å². The van der Waals surface area contributed by atoms with Crippen LogP contribution in [0.2, 0.25) is 0 Å². The highest BCUT2D eigenvalue weighted by Gasteiger charge is 2.22. The molecule has 4 rings (SSSR count). The molecule has 0 spiro atoms. The summed E-state index contributed by atoms with van der Waals surface area (Å²) >= 11 is 1.31. The fourth-order valence-electron chi connectivity index (χ4n) is 2.72. The van der Waals surface area contributed by atoms with Gasteiger partial charge >= 0.3 is 0 Å². The Hall–Kier alpha value is -3.32. The van der Waals surface area contributed by atoms with Crippen molar-refractivity contribution < 1.29 is 4.79 Å². The van der Waals surface area contributed by atoms with Crippen LogP contribution in [-0.4, -0.2) is 25.3 Å². The van der Waals surface area contributed by atoms with Gasteiger partial charge in [0.15, 0.2) is 6.04 Å². The van der Waals surface area contributed by atoms with Gasteiger partial charge in [0, 0.05) is 29.0 Å². The Morgan fingerprint density at radius 3 is 2.50 bits per heavy atom. The third-order valence-corrected chi connectivity index (χ3v) is 4.47. The molecule has 128 valence electrons. The van der Waals surface area contributed by atoms with Crippen molar-refractivity contribution >= 4 is 23.1 Å². The highest BCUT2D eigenvalue weighted by atomic mass is 32.1. The number of benzene rings is 2. The van der Waals surface area contributed by atoms with Crippen LogP contribution in [0.25, 0.3) is 11.3 Å². The van der Waals surface area contributed by atoms with Crippen molar-refractivity contribution in [1.29, 1.82) is 0 Å². The van der Waals surface area contributed by atoms with E-state index in [-0.39, 0.29) is 5.91 Å². The number of rotatable bonds is 5. The lowest BCUT2D eigenvalue weighted by atomic mass is 10.1. The molecule has 0 saturated carbocycles. The van der Waals surface area contributed by atoms with Gasteiger partial charge in [-0.2, -0.15) is 5.10 Å². The maximum atomic E-state index is 12.9. The fraction of sp³-hybridized carbons (Fsp3) is 0.0526. The van der Waals surface area contributed by atoms with Crippen LogP contribution in [-0.2, 0) is 4.79 Å². The Balaban J connectivity index is 1.57. The fourth-order valence-corrected chi connectivity index (χ4v) is 3.18. The van der Waals surface area contributed by atoms with Gasteiger partial charge in [-0.1, -0.05) is 47.0 Å². The highest BCUT2D eigenvalue weighted by molar-refractivity contribution is 7.03. The van der Waals surface area contributed by atoms with Crippen molar-refractivity contribution in [3.63, 3.8) is 0 Å². The molecule has 2 aromatic heterocycles. The van der Waals surface area contributed by atoms with Crippen LogP contribution < -0.4 is 5.32 Å². The Morgan fingerprint density at radius 2 is 1.85 bits per heavy atom. The molecule has 0 saturated heterocycles. The summed E-state index contributed by atoms with van der Waals surface area (Å²) in [6, 6.07) is 18.4. The Morgan fingerprint density at radius 1 is 1.04 bits per heavy atom. The number of aromatic nitrogens is 4. The smallest absolute Gasteiger partial charge is 0.253 e. The van der Waals surface area contributed by atoms with Crippen molar-refractivity contribution in [3.05, 3.63) is 84.0 Å². The van der Waals surface area contributed by atoms with Gasteiger partial charge in [-0.15, -0.1) is 5.10 Å². The first-order valence-corrected chi connectivity index (χ1v) is 8.87. The molecule has 1 unspecified atom stereocenters. The van der Waals surface area contributed by atoms with Crippen LogP contribution in [0.15, 0.2) is 78.4 Å². The minimum atomic E-state index is -0.534. The van der Waals surface area contributed by atoms with Gasteiger partial charge in [-0.25, -0.2) is 0 Å². The van der Waals surface area contributed by atoms with Gasteiger partial charge in [0.05, 0.1) is 0 Å². The molecular weight excluding hydrogens is 346 g/mol. The average Bonchev–Trinajstić information content (AvgIpc) is 3.38. The van der Waals surface area contributed by atoms with Gasteiger partial charge in [0.25, 0.3) is 5.91 Å². The molecule has 4 aromatic rings. The lowest BCUT2D eigenvalue weighted by Gasteiger charge is -2.18. The van der Waals surface area contributed by atoms with E-state index in [0.29, 0.717) is 0 Å². The molecule has 1 N–H and O–H groups in total. The van der Waals surface area contributed by atoms with Gasteiger partial charge in [0.2, 0.25) is 0 Å². The minimum absolute atomic E-state index is 0.150. The number of nitrogens with one attached hydrogen (secondary N) is 1. The summed E-state index contributed by atoms with van der Waals surface area (Å²) < 4.78 is 5.52. The minimum Gasteiger partial charge on any atom is -0.324 e. The summed E-state index contributed by atoms with van der Waals surface area (Å²) in [6.45, 7) is 0. The number of nitrogens with zero attached hydrogens (tertiary/aromatic N) is 4. The molecule has 0 fully saturated rings. The second-order valence-corrected chi connectivity index (χ2v) is 6.27.